The van der Waals surface area contributed by atoms with Gasteiger partial charge in [0.2, 0.25) is 11.9 Å². The molecule has 0 fully saturated rings. The largest absolute Gasteiger partial charge is 0.469 e. The summed E-state index contributed by atoms with van der Waals surface area (Å²) in [5, 5.41) is 3.53. The highest BCUT2D eigenvalue weighted by molar-refractivity contribution is 7.99. The van der Waals surface area contributed by atoms with E-state index in [1.165, 1.54) is 18.9 Å². The van der Waals surface area contributed by atoms with Crippen molar-refractivity contribution in [1.82, 2.24) is 15.0 Å². The van der Waals surface area contributed by atoms with Crippen LogP contribution in [0.25, 0.3) is 0 Å². The van der Waals surface area contributed by atoms with Crippen LogP contribution in [0.4, 0.5) is 11.9 Å². The Morgan fingerprint density at radius 1 is 1.30 bits per heavy atom. The van der Waals surface area contributed by atoms with Crippen molar-refractivity contribution in [3.8, 4) is 0 Å². The molecule has 0 aromatic carbocycles. The first-order valence-corrected chi connectivity index (χ1v) is 7.51. The third-order valence-electron chi connectivity index (χ3n) is 2.64. The lowest BCUT2D eigenvalue weighted by Crippen LogP contribution is -2.25. The molecule has 20 heavy (non-hydrogen) atoms. The van der Waals surface area contributed by atoms with E-state index in [1.54, 1.807) is 7.05 Å². The smallest absolute Gasteiger partial charge is 0.306 e. The van der Waals surface area contributed by atoms with Gasteiger partial charge in [0.25, 0.3) is 0 Å². The van der Waals surface area contributed by atoms with Crippen LogP contribution in [0.5, 0.6) is 0 Å². The quantitative estimate of drug-likeness (QED) is 0.570. The van der Waals surface area contributed by atoms with Gasteiger partial charge in [-0.05, 0) is 13.8 Å². The molecule has 1 aromatic rings. The Bertz CT molecular complexity index is 440. The van der Waals surface area contributed by atoms with Crippen LogP contribution in [0.2, 0.25) is 0 Å². The summed E-state index contributed by atoms with van der Waals surface area (Å²) in [6, 6.07) is 0. The summed E-state index contributed by atoms with van der Waals surface area (Å²) >= 11 is 1.42. The van der Waals surface area contributed by atoms with E-state index in [2.05, 4.69) is 38.9 Å². The average molecular weight is 299 g/mol. The summed E-state index contributed by atoms with van der Waals surface area (Å²) in [5.41, 5.74) is 0. The minimum Gasteiger partial charge on any atom is -0.469 e. The first-order chi connectivity index (χ1) is 9.64. The molecule has 0 atom stereocenters. The second-order valence-electron chi connectivity index (χ2n) is 3.84. The topological polar surface area (TPSA) is 80.2 Å². The summed E-state index contributed by atoms with van der Waals surface area (Å²) in [6.07, 6.45) is 0.336. The fourth-order valence-electron chi connectivity index (χ4n) is 1.50. The highest BCUT2D eigenvalue weighted by Gasteiger charge is 2.11. The minimum absolute atomic E-state index is 0.232. The molecule has 0 bridgehead atoms. The van der Waals surface area contributed by atoms with Crippen LogP contribution >= 0.6 is 11.8 Å². The van der Waals surface area contributed by atoms with Gasteiger partial charge in [-0.25, -0.2) is 0 Å². The Hall–Kier alpha value is -1.57. The summed E-state index contributed by atoms with van der Waals surface area (Å²) in [4.78, 5) is 26.2. The van der Waals surface area contributed by atoms with Gasteiger partial charge in [0.1, 0.15) is 0 Å². The van der Waals surface area contributed by atoms with E-state index in [1.807, 2.05) is 4.90 Å². The van der Waals surface area contributed by atoms with Crippen molar-refractivity contribution in [2.45, 2.75) is 25.4 Å². The molecule has 1 heterocycles. The van der Waals surface area contributed by atoms with Gasteiger partial charge in [-0.3, -0.25) is 4.79 Å². The van der Waals surface area contributed by atoms with Crippen molar-refractivity contribution in [3.05, 3.63) is 0 Å². The van der Waals surface area contributed by atoms with E-state index < -0.39 is 0 Å². The first-order valence-electron chi connectivity index (χ1n) is 6.52. The van der Waals surface area contributed by atoms with Crippen LogP contribution in [0, 0.1) is 0 Å². The van der Waals surface area contributed by atoms with Gasteiger partial charge in [-0.2, -0.15) is 15.0 Å². The molecular weight excluding hydrogens is 278 g/mol. The molecule has 0 aliphatic rings. The van der Waals surface area contributed by atoms with Crippen molar-refractivity contribution >= 4 is 29.6 Å². The van der Waals surface area contributed by atoms with Crippen molar-refractivity contribution in [3.63, 3.8) is 0 Å². The molecule has 0 spiro atoms. The van der Waals surface area contributed by atoms with Gasteiger partial charge in [0, 0.05) is 25.9 Å². The normalized spacial score (nSPS) is 10.2. The molecule has 0 saturated heterocycles. The van der Waals surface area contributed by atoms with E-state index in [9.17, 15) is 4.79 Å². The van der Waals surface area contributed by atoms with E-state index in [-0.39, 0.29) is 5.97 Å². The second kappa shape index (κ2) is 8.57. The maximum absolute atomic E-state index is 11.1. The lowest BCUT2D eigenvalue weighted by molar-refractivity contribution is -0.140. The number of thioether (sulfide) groups is 1. The molecule has 1 aromatic heterocycles. The van der Waals surface area contributed by atoms with Gasteiger partial charge in [-0.15, -0.1) is 0 Å². The van der Waals surface area contributed by atoms with Crippen LogP contribution in [0.3, 0.4) is 0 Å². The zero-order valence-corrected chi connectivity index (χ0v) is 13.2. The van der Waals surface area contributed by atoms with E-state index in [0.29, 0.717) is 29.2 Å². The molecule has 0 unspecified atom stereocenters. The molecule has 112 valence electrons. The Morgan fingerprint density at radius 2 is 2.00 bits per heavy atom. The number of aromatic nitrogens is 3. The fraction of sp³-hybridized carbons (Fsp3) is 0.667. The van der Waals surface area contributed by atoms with Gasteiger partial charge < -0.3 is 15.0 Å². The van der Waals surface area contributed by atoms with Crippen molar-refractivity contribution in [2.75, 3.05) is 43.2 Å². The predicted molar refractivity (Wildman–Crippen MR) is 80.3 cm³/mol. The van der Waals surface area contributed by atoms with Crippen LogP contribution in [0.1, 0.15) is 20.3 Å². The van der Waals surface area contributed by atoms with Crippen LogP contribution in [0.15, 0.2) is 5.16 Å². The fourth-order valence-corrected chi connectivity index (χ4v) is 2.25. The number of ether oxygens (including phenoxy) is 1. The van der Waals surface area contributed by atoms with Crippen molar-refractivity contribution in [1.29, 1.82) is 0 Å². The van der Waals surface area contributed by atoms with Crippen LogP contribution in [-0.4, -0.2) is 53.9 Å². The third-order valence-corrected chi connectivity index (χ3v) is 3.49. The highest BCUT2D eigenvalue weighted by Crippen LogP contribution is 2.19. The number of methoxy groups -OCH3 is 1. The van der Waals surface area contributed by atoms with Gasteiger partial charge in [0.15, 0.2) is 5.16 Å². The number of hydrogen-bond acceptors (Lipinski definition) is 8. The molecule has 7 nitrogen and oxygen atoms in total. The lowest BCUT2D eigenvalue weighted by Gasteiger charge is -2.19. The first kappa shape index (κ1) is 16.5. The monoisotopic (exact) mass is 299 g/mol. The van der Waals surface area contributed by atoms with E-state index >= 15 is 0 Å². The molecular formula is C12H21N5O2S. The number of esters is 1. The molecule has 1 N–H and O–H groups in total. The number of rotatable bonds is 8. The van der Waals surface area contributed by atoms with Gasteiger partial charge in [0.05, 0.1) is 13.5 Å². The lowest BCUT2D eigenvalue weighted by atomic mass is 10.5. The zero-order valence-electron chi connectivity index (χ0n) is 12.3. The number of nitrogens with zero attached hydrogens (tertiary/aromatic N) is 4. The minimum atomic E-state index is -0.232. The molecule has 0 radical (unpaired) electrons. The zero-order chi connectivity index (χ0) is 15.0. The summed E-state index contributed by atoms with van der Waals surface area (Å²) in [6.45, 7) is 5.76. The maximum atomic E-state index is 11.1. The number of hydrogen-bond donors (Lipinski definition) is 1. The van der Waals surface area contributed by atoms with E-state index in [4.69, 9.17) is 0 Å². The Labute approximate surface area is 123 Å². The summed E-state index contributed by atoms with van der Waals surface area (Å²) in [5.74, 6) is 1.53. The maximum Gasteiger partial charge on any atom is 0.306 e. The standard InChI is InChI=1S/C12H21N5O2S/c1-5-17(6-2)11-14-10(13-3)15-12(16-11)20-8-7-9(18)19-4/h5-8H2,1-4H3,(H,13,14,15,16). The Balaban J connectivity index is 2.79. The highest BCUT2D eigenvalue weighted by atomic mass is 32.2. The predicted octanol–water partition coefficient (Wildman–Crippen LogP) is 1.41. The van der Waals surface area contributed by atoms with E-state index in [0.717, 1.165) is 13.1 Å². The number of nitrogens with one attached hydrogen (secondary N) is 1. The molecule has 0 aliphatic heterocycles. The van der Waals surface area contributed by atoms with Crippen molar-refractivity contribution in [2.24, 2.45) is 0 Å². The second-order valence-corrected chi connectivity index (χ2v) is 4.90. The number of carbonyl (C=O) groups is 1. The third kappa shape index (κ3) is 4.84. The van der Waals surface area contributed by atoms with Crippen LogP contribution in [-0.2, 0) is 9.53 Å². The Morgan fingerprint density at radius 3 is 2.55 bits per heavy atom. The molecule has 1 rings (SSSR count). The van der Waals surface area contributed by atoms with Crippen molar-refractivity contribution < 1.29 is 9.53 Å². The van der Waals surface area contributed by atoms with Crippen LogP contribution < -0.4 is 10.2 Å². The Kier molecular flexibility index (Phi) is 7.06. The van der Waals surface area contributed by atoms with Gasteiger partial charge >= 0.3 is 5.97 Å². The van der Waals surface area contributed by atoms with Gasteiger partial charge in [-0.1, -0.05) is 11.8 Å². The average Bonchev–Trinajstić information content (AvgIpc) is 2.48. The number of carbonyl (C=O) groups excluding carboxylic acids is 1. The summed E-state index contributed by atoms with van der Waals surface area (Å²) < 4.78 is 4.60. The SMILES string of the molecule is CCN(CC)c1nc(NC)nc(SCCC(=O)OC)n1. The molecule has 8 heteroatoms. The number of anilines is 2. The molecule has 0 amide bonds. The summed E-state index contributed by atoms with van der Waals surface area (Å²) in [7, 11) is 3.15. The molecule has 0 saturated carbocycles. The molecule has 0 aliphatic carbocycles.